The zero-order valence-electron chi connectivity index (χ0n) is 30.9. The van der Waals surface area contributed by atoms with Gasteiger partial charge in [0.25, 0.3) is 11.8 Å². The summed E-state index contributed by atoms with van der Waals surface area (Å²) in [5.41, 5.74) is 8.06. The molecule has 278 valence electrons. The molecule has 0 radical (unpaired) electrons. The second-order valence-electron chi connectivity index (χ2n) is 12.8. The number of hydrogen-bond donors (Lipinski definition) is 2. The van der Waals surface area contributed by atoms with E-state index >= 15 is 0 Å². The molecular formula is C44H36N6O6. The first-order chi connectivity index (χ1) is 27.3. The van der Waals surface area contributed by atoms with E-state index in [1.165, 1.54) is 14.2 Å². The Kier molecular flexibility index (Phi) is 9.51. The van der Waals surface area contributed by atoms with Crippen LogP contribution in [0, 0.1) is 0 Å². The number of hydrogen-bond acceptors (Lipinski definition) is 8. The van der Waals surface area contributed by atoms with Crippen LogP contribution in [0.25, 0.3) is 44.9 Å². The fourth-order valence-corrected chi connectivity index (χ4v) is 6.57. The Bertz CT molecular complexity index is 2740. The van der Waals surface area contributed by atoms with Crippen molar-refractivity contribution >= 4 is 34.5 Å². The van der Waals surface area contributed by atoms with E-state index < -0.39 is 0 Å². The molecule has 0 fully saturated rings. The molecule has 0 spiro atoms. The second kappa shape index (κ2) is 15.0. The van der Waals surface area contributed by atoms with Gasteiger partial charge in [0.15, 0.2) is 11.5 Å². The van der Waals surface area contributed by atoms with Gasteiger partial charge in [-0.3, -0.25) is 9.59 Å². The van der Waals surface area contributed by atoms with Crippen molar-refractivity contribution in [2.45, 2.75) is 0 Å². The highest BCUT2D eigenvalue weighted by Crippen LogP contribution is 2.35. The number of anilines is 2. The van der Waals surface area contributed by atoms with E-state index in [9.17, 15) is 9.59 Å². The molecule has 56 heavy (non-hydrogen) atoms. The number of carbonyl (C=O) groups is 2. The van der Waals surface area contributed by atoms with Gasteiger partial charge in [-0.2, -0.15) is 0 Å². The molecule has 8 aromatic rings. The number of benzene rings is 4. The highest BCUT2D eigenvalue weighted by Gasteiger charge is 2.19. The summed E-state index contributed by atoms with van der Waals surface area (Å²) in [6.45, 7) is 0. The molecule has 0 saturated carbocycles. The minimum Gasteiger partial charge on any atom is -0.497 e. The number of nitrogens with zero attached hydrogens (tertiary/aromatic N) is 4. The van der Waals surface area contributed by atoms with Crippen LogP contribution in [0.2, 0.25) is 0 Å². The van der Waals surface area contributed by atoms with Gasteiger partial charge in [0.05, 0.1) is 56.8 Å². The summed E-state index contributed by atoms with van der Waals surface area (Å²) in [7, 11) is 6.15. The van der Waals surface area contributed by atoms with Crippen molar-refractivity contribution in [3.8, 4) is 56.6 Å². The summed E-state index contributed by atoms with van der Waals surface area (Å²) < 4.78 is 25.5. The highest BCUT2D eigenvalue weighted by molar-refractivity contribution is 6.09. The summed E-state index contributed by atoms with van der Waals surface area (Å²) in [6, 6.07) is 33.2. The van der Waals surface area contributed by atoms with Crippen molar-refractivity contribution < 1.29 is 28.5 Å². The van der Waals surface area contributed by atoms with Crippen molar-refractivity contribution in [2.75, 3.05) is 39.1 Å². The van der Waals surface area contributed by atoms with E-state index in [4.69, 9.17) is 28.9 Å². The number of carbonyl (C=O) groups excluding carboxylic acids is 2. The van der Waals surface area contributed by atoms with E-state index in [1.54, 1.807) is 50.6 Å². The molecule has 0 saturated heterocycles. The molecular weight excluding hydrogens is 709 g/mol. The molecule has 0 unspecified atom stereocenters. The monoisotopic (exact) mass is 744 g/mol. The molecule has 2 N–H and O–H groups in total. The molecule has 2 amide bonds. The number of amides is 2. The second-order valence-corrected chi connectivity index (χ2v) is 12.8. The third-order valence-corrected chi connectivity index (χ3v) is 9.44. The van der Waals surface area contributed by atoms with Gasteiger partial charge in [0.1, 0.15) is 22.8 Å². The molecule has 0 aliphatic heterocycles. The van der Waals surface area contributed by atoms with E-state index in [0.717, 1.165) is 27.9 Å². The fourth-order valence-electron chi connectivity index (χ4n) is 6.57. The number of ether oxygens (including phenoxy) is 4. The molecule has 0 aliphatic rings. The summed E-state index contributed by atoms with van der Waals surface area (Å²) >= 11 is 0. The Hall–Kier alpha value is -7.60. The molecule has 12 heteroatoms. The molecule has 0 bridgehead atoms. The lowest BCUT2D eigenvalue weighted by Gasteiger charge is -2.14. The van der Waals surface area contributed by atoms with Crippen LogP contribution in [-0.2, 0) is 0 Å². The quantitative estimate of drug-likeness (QED) is 0.135. The van der Waals surface area contributed by atoms with Gasteiger partial charge < -0.3 is 38.4 Å². The Labute approximate surface area is 321 Å². The fraction of sp³-hybridized carbons (Fsp3) is 0.0909. The first kappa shape index (κ1) is 35.4. The maximum absolute atomic E-state index is 13.8. The third-order valence-electron chi connectivity index (χ3n) is 9.44. The van der Waals surface area contributed by atoms with E-state index in [-0.39, 0.29) is 11.8 Å². The predicted molar refractivity (Wildman–Crippen MR) is 215 cm³/mol. The first-order valence-corrected chi connectivity index (χ1v) is 17.6. The van der Waals surface area contributed by atoms with Crippen LogP contribution in [0.15, 0.2) is 134 Å². The SMILES string of the molecule is COc1ccc(C(=O)Nc2cc(-c3ccc4nc(-c5ccccc5NC(=O)c5ccc(OC)c(OC)c5)cn4c3)ccc2-c2cn3ccccc3n2)c(OC)c1. The van der Waals surface area contributed by atoms with Crippen molar-refractivity contribution in [3.05, 3.63) is 145 Å². The minimum atomic E-state index is -0.349. The van der Waals surface area contributed by atoms with Crippen LogP contribution in [-0.4, -0.2) is 59.0 Å². The smallest absolute Gasteiger partial charge is 0.259 e. The van der Waals surface area contributed by atoms with Crippen molar-refractivity contribution in [1.82, 2.24) is 18.8 Å². The lowest BCUT2D eigenvalue weighted by Crippen LogP contribution is -2.14. The Morgan fingerprint density at radius 2 is 1.23 bits per heavy atom. The highest BCUT2D eigenvalue weighted by atomic mass is 16.5. The van der Waals surface area contributed by atoms with E-state index in [1.807, 2.05) is 106 Å². The standard InChI is InChI=1S/C44H36N6O6/c1-53-30-15-17-33(39(23-30)55-3)44(52)48-35-21-27(12-16-32(35)36-25-49-20-8-7-11-41(49)45-36)29-14-19-42-46-37(26-50(42)24-29)31-9-5-6-10-34(31)47-43(51)28-13-18-38(54-2)40(22-28)56-4/h5-26H,1-4H3,(H,47,51)(H,48,52). The maximum atomic E-state index is 13.8. The van der Waals surface area contributed by atoms with Crippen molar-refractivity contribution in [2.24, 2.45) is 0 Å². The molecule has 4 aromatic heterocycles. The van der Waals surface area contributed by atoms with Gasteiger partial charge in [0.2, 0.25) is 0 Å². The van der Waals surface area contributed by atoms with Gasteiger partial charge in [-0.25, -0.2) is 9.97 Å². The number of rotatable bonds is 11. The lowest BCUT2D eigenvalue weighted by atomic mass is 10.0. The maximum Gasteiger partial charge on any atom is 0.259 e. The Balaban J connectivity index is 1.13. The largest absolute Gasteiger partial charge is 0.497 e. The average molecular weight is 745 g/mol. The van der Waals surface area contributed by atoms with Crippen molar-refractivity contribution in [1.29, 1.82) is 0 Å². The third kappa shape index (κ3) is 6.82. The van der Waals surface area contributed by atoms with Crippen molar-refractivity contribution in [3.63, 3.8) is 0 Å². The van der Waals surface area contributed by atoms with Crippen LogP contribution in [0.4, 0.5) is 11.4 Å². The summed E-state index contributed by atoms with van der Waals surface area (Å²) in [4.78, 5) is 36.9. The number of pyridine rings is 2. The number of imidazole rings is 2. The zero-order chi connectivity index (χ0) is 38.8. The Morgan fingerprint density at radius 3 is 2.00 bits per heavy atom. The molecule has 4 aromatic carbocycles. The van der Waals surface area contributed by atoms with Gasteiger partial charge in [-0.1, -0.05) is 36.4 Å². The number of methoxy groups -OCH3 is 4. The van der Waals surface area contributed by atoms with Gasteiger partial charge in [0, 0.05) is 47.5 Å². The van der Waals surface area contributed by atoms with E-state index in [2.05, 4.69) is 10.6 Å². The normalized spacial score (nSPS) is 11.0. The lowest BCUT2D eigenvalue weighted by molar-refractivity contribution is 0.101. The molecule has 0 atom stereocenters. The number of para-hydroxylation sites is 1. The van der Waals surface area contributed by atoms with Crippen LogP contribution < -0.4 is 29.6 Å². The molecule has 4 heterocycles. The molecule has 8 rings (SSSR count). The number of aromatic nitrogens is 4. The summed E-state index contributed by atoms with van der Waals surface area (Å²) in [5.74, 6) is 1.30. The van der Waals surface area contributed by atoms with E-state index in [0.29, 0.717) is 62.5 Å². The molecule has 0 aliphatic carbocycles. The van der Waals surface area contributed by atoms with Gasteiger partial charge in [-0.05, 0) is 77.9 Å². The van der Waals surface area contributed by atoms with Crippen LogP contribution in [0.3, 0.4) is 0 Å². The van der Waals surface area contributed by atoms with Crippen LogP contribution in [0.5, 0.6) is 23.0 Å². The molecule has 12 nitrogen and oxygen atoms in total. The average Bonchev–Trinajstić information content (AvgIpc) is 3.87. The Morgan fingerprint density at radius 1 is 0.536 bits per heavy atom. The van der Waals surface area contributed by atoms with Gasteiger partial charge >= 0.3 is 0 Å². The van der Waals surface area contributed by atoms with Crippen LogP contribution >= 0.6 is 0 Å². The topological polar surface area (TPSA) is 130 Å². The summed E-state index contributed by atoms with van der Waals surface area (Å²) in [6.07, 6.45) is 7.76. The minimum absolute atomic E-state index is 0.301. The predicted octanol–water partition coefficient (Wildman–Crippen LogP) is 8.52. The zero-order valence-corrected chi connectivity index (χ0v) is 30.9. The summed E-state index contributed by atoms with van der Waals surface area (Å²) in [5, 5.41) is 6.15. The van der Waals surface area contributed by atoms with Crippen LogP contribution in [0.1, 0.15) is 20.7 Å². The number of nitrogens with one attached hydrogen (secondary N) is 2. The first-order valence-electron chi connectivity index (χ1n) is 17.6. The van der Waals surface area contributed by atoms with Gasteiger partial charge in [-0.15, -0.1) is 0 Å². The number of fused-ring (bicyclic) bond motifs is 2.